The molecule has 0 unspecified atom stereocenters. The van der Waals surface area contributed by atoms with E-state index in [1.807, 2.05) is 0 Å². The standard InChI is InChI=1S/C20H18N2O6S/c1-12-3-4-14(18-9-10-19(28-18)20(24)25)11-17(12)22-29(26,27)16-7-5-15(6-8-16)21-13(2)23/h3-11,22H,1-2H3,(H,21,23)(H,24,25). The average Bonchev–Trinajstić information content (AvgIpc) is 3.14. The number of nitrogens with one attached hydrogen (secondary N) is 2. The van der Waals surface area contributed by atoms with Gasteiger partial charge in [0, 0.05) is 18.2 Å². The molecule has 0 aliphatic carbocycles. The number of carbonyl (C=O) groups is 2. The van der Waals surface area contributed by atoms with Crippen molar-refractivity contribution in [1.82, 2.24) is 0 Å². The summed E-state index contributed by atoms with van der Waals surface area (Å²) in [6.45, 7) is 3.10. The van der Waals surface area contributed by atoms with Gasteiger partial charge in [-0.15, -0.1) is 0 Å². The van der Waals surface area contributed by atoms with E-state index in [0.717, 1.165) is 0 Å². The number of hydrogen-bond donors (Lipinski definition) is 3. The molecule has 0 bridgehead atoms. The van der Waals surface area contributed by atoms with Crippen molar-refractivity contribution < 1.29 is 27.5 Å². The Morgan fingerprint density at radius 1 is 1.00 bits per heavy atom. The number of anilines is 2. The van der Waals surface area contributed by atoms with Gasteiger partial charge in [-0.2, -0.15) is 0 Å². The van der Waals surface area contributed by atoms with Crippen LogP contribution in [0.4, 0.5) is 11.4 Å². The van der Waals surface area contributed by atoms with Crippen molar-refractivity contribution in [2.75, 3.05) is 10.0 Å². The lowest BCUT2D eigenvalue weighted by Crippen LogP contribution is -2.14. The first kappa shape index (κ1) is 20.2. The Balaban J connectivity index is 1.88. The molecule has 29 heavy (non-hydrogen) atoms. The first-order valence-corrected chi connectivity index (χ1v) is 9.98. The van der Waals surface area contributed by atoms with Gasteiger partial charge in [0.1, 0.15) is 5.76 Å². The van der Waals surface area contributed by atoms with E-state index in [2.05, 4.69) is 10.0 Å². The molecule has 1 heterocycles. The van der Waals surface area contributed by atoms with Gasteiger partial charge in [-0.1, -0.05) is 12.1 Å². The van der Waals surface area contributed by atoms with Crippen molar-refractivity contribution in [3.05, 3.63) is 65.9 Å². The van der Waals surface area contributed by atoms with Crippen LogP contribution in [0.1, 0.15) is 23.0 Å². The minimum atomic E-state index is -3.88. The van der Waals surface area contributed by atoms with E-state index in [1.54, 1.807) is 25.1 Å². The summed E-state index contributed by atoms with van der Waals surface area (Å²) in [6.07, 6.45) is 0. The number of carboxylic acid groups (broad SMARTS) is 1. The third kappa shape index (κ3) is 4.64. The number of furan rings is 1. The van der Waals surface area contributed by atoms with E-state index in [0.29, 0.717) is 28.3 Å². The van der Waals surface area contributed by atoms with Crippen molar-refractivity contribution >= 4 is 33.3 Å². The Morgan fingerprint density at radius 3 is 2.28 bits per heavy atom. The normalized spacial score (nSPS) is 11.1. The molecule has 9 heteroatoms. The summed E-state index contributed by atoms with van der Waals surface area (Å²) in [6, 6.07) is 13.6. The van der Waals surface area contributed by atoms with Gasteiger partial charge in [0.15, 0.2) is 0 Å². The number of carboxylic acids is 1. The van der Waals surface area contributed by atoms with Crippen molar-refractivity contribution in [3.63, 3.8) is 0 Å². The van der Waals surface area contributed by atoms with Crippen molar-refractivity contribution in [1.29, 1.82) is 0 Å². The molecule has 0 saturated heterocycles. The summed E-state index contributed by atoms with van der Waals surface area (Å²) >= 11 is 0. The summed E-state index contributed by atoms with van der Waals surface area (Å²) in [5, 5.41) is 11.6. The largest absolute Gasteiger partial charge is 0.475 e. The molecular formula is C20H18N2O6S. The zero-order valence-corrected chi connectivity index (χ0v) is 16.4. The van der Waals surface area contributed by atoms with Crippen LogP contribution in [0.5, 0.6) is 0 Å². The second-order valence-electron chi connectivity index (χ2n) is 6.31. The maximum absolute atomic E-state index is 12.7. The molecule has 0 aliphatic heterocycles. The van der Waals surface area contributed by atoms with E-state index in [4.69, 9.17) is 9.52 Å². The summed E-state index contributed by atoms with van der Waals surface area (Å²) in [5.74, 6) is -1.34. The molecule has 3 aromatic rings. The van der Waals surface area contributed by atoms with Crippen LogP contribution in [0, 0.1) is 6.92 Å². The van der Waals surface area contributed by atoms with Gasteiger partial charge in [-0.05, 0) is 55.0 Å². The third-order valence-electron chi connectivity index (χ3n) is 4.07. The van der Waals surface area contributed by atoms with Crippen LogP contribution in [0.15, 0.2) is 63.9 Å². The van der Waals surface area contributed by atoms with Crippen LogP contribution in [-0.2, 0) is 14.8 Å². The molecule has 150 valence electrons. The Hall–Kier alpha value is -3.59. The van der Waals surface area contributed by atoms with E-state index in [1.165, 1.54) is 43.3 Å². The van der Waals surface area contributed by atoms with Gasteiger partial charge < -0.3 is 14.8 Å². The number of sulfonamides is 1. The van der Waals surface area contributed by atoms with E-state index in [9.17, 15) is 18.0 Å². The van der Waals surface area contributed by atoms with Crippen molar-refractivity contribution in [3.8, 4) is 11.3 Å². The Bertz CT molecular complexity index is 1180. The fraction of sp³-hybridized carbons (Fsp3) is 0.100. The topological polar surface area (TPSA) is 126 Å². The number of hydrogen-bond acceptors (Lipinski definition) is 5. The number of rotatable bonds is 6. The first-order valence-electron chi connectivity index (χ1n) is 8.50. The second kappa shape index (κ2) is 7.80. The fourth-order valence-corrected chi connectivity index (χ4v) is 3.74. The predicted octanol–water partition coefficient (Wildman–Crippen LogP) is 3.71. The van der Waals surface area contributed by atoms with Crippen LogP contribution in [-0.4, -0.2) is 25.4 Å². The minimum absolute atomic E-state index is 0.0302. The van der Waals surface area contributed by atoms with Crippen LogP contribution in [0.3, 0.4) is 0 Å². The molecule has 0 aliphatic rings. The quantitative estimate of drug-likeness (QED) is 0.564. The van der Waals surface area contributed by atoms with Gasteiger partial charge in [-0.3, -0.25) is 9.52 Å². The van der Waals surface area contributed by atoms with Gasteiger partial charge >= 0.3 is 5.97 Å². The van der Waals surface area contributed by atoms with Crippen LogP contribution in [0.2, 0.25) is 0 Å². The maximum atomic E-state index is 12.7. The smallest absolute Gasteiger partial charge is 0.371 e. The summed E-state index contributed by atoms with van der Waals surface area (Å²) < 4.78 is 33.3. The molecule has 0 atom stereocenters. The number of aromatic carboxylic acids is 1. The summed E-state index contributed by atoms with van der Waals surface area (Å²) in [5.41, 5.74) is 2.03. The first-order chi connectivity index (χ1) is 13.7. The van der Waals surface area contributed by atoms with Crippen molar-refractivity contribution in [2.45, 2.75) is 18.7 Å². The molecule has 0 saturated carbocycles. The average molecular weight is 414 g/mol. The molecule has 2 aromatic carbocycles. The molecule has 3 N–H and O–H groups in total. The lowest BCUT2D eigenvalue weighted by molar-refractivity contribution is -0.114. The lowest BCUT2D eigenvalue weighted by atomic mass is 10.1. The Kier molecular flexibility index (Phi) is 5.42. The zero-order valence-electron chi connectivity index (χ0n) is 15.6. The van der Waals surface area contributed by atoms with Gasteiger partial charge in [0.25, 0.3) is 10.0 Å². The summed E-state index contributed by atoms with van der Waals surface area (Å²) in [7, 11) is -3.88. The molecule has 1 amide bonds. The zero-order chi connectivity index (χ0) is 21.2. The summed E-state index contributed by atoms with van der Waals surface area (Å²) in [4.78, 5) is 22.1. The molecule has 8 nitrogen and oxygen atoms in total. The highest BCUT2D eigenvalue weighted by Gasteiger charge is 2.17. The highest BCUT2D eigenvalue weighted by molar-refractivity contribution is 7.92. The van der Waals surface area contributed by atoms with Crippen molar-refractivity contribution in [2.24, 2.45) is 0 Å². The molecule has 0 spiro atoms. The minimum Gasteiger partial charge on any atom is -0.475 e. The molecular weight excluding hydrogens is 396 g/mol. The van der Waals surface area contributed by atoms with Crippen LogP contribution in [0.25, 0.3) is 11.3 Å². The number of carbonyl (C=O) groups excluding carboxylic acids is 1. The number of benzene rings is 2. The highest BCUT2D eigenvalue weighted by atomic mass is 32.2. The monoisotopic (exact) mass is 414 g/mol. The highest BCUT2D eigenvalue weighted by Crippen LogP contribution is 2.29. The van der Waals surface area contributed by atoms with E-state index in [-0.39, 0.29) is 16.6 Å². The molecule has 0 fully saturated rings. The van der Waals surface area contributed by atoms with Gasteiger partial charge in [0.2, 0.25) is 11.7 Å². The van der Waals surface area contributed by atoms with E-state index >= 15 is 0 Å². The molecule has 1 aromatic heterocycles. The van der Waals surface area contributed by atoms with Crippen LogP contribution >= 0.6 is 0 Å². The predicted molar refractivity (Wildman–Crippen MR) is 107 cm³/mol. The maximum Gasteiger partial charge on any atom is 0.371 e. The Morgan fingerprint density at radius 2 is 1.69 bits per heavy atom. The van der Waals surface area contributed by atoms with Gasteiger partial charge in [0.05, 0.1) is 10.6 Å². The number of amides is 1. The van der Waals surface area contributed by atoms with Gasteiger partial charge in [-0.25, -0.2) is 13.2 Å². The van der Waals surface area contributed by atoms with E-state index < -0.39 is 16.0 Å². The SMILES string of the molecule is CC(=O)Nc1ccc(S(=O)(=O)Nc2cc(-c3ccc(C(=O)O)o3)ccc2C)cc1. The fourth-order valence-electron chi connectivity index (χ4n) is 2.62. The molecule has 3 rings (SSSR count). The van der Waals surface area contributed by atoms with Crippen LogP contribution < -0.4 is 10.0 Å². The Labute approximate surface area is 167 Å². The molecule has 0 radical (unpaired) electrons. The lowest BCUT2D eigenvalue weighted by Gasteiger charge is -2.12. The number of aryl methyl sites for hydroxylation is 1. The second-order valence-corrected chi connectivity index (χ2v) is 7.99. The third-order valence-corrected chi connectivity index (χ3v) is 5.45.